The molecule has 132 valence electrons. The van der Waals surface area contributed by atoms with Gasteiger partial charge in [-0.25, -0.2) is 4.98 Å². The third-order valence-electron chi connectivity index (χ3n) is 4.42. The molecule has 1 saturated heterocycles. The molecule has 1 N–H and O–H groups in total. The average molecular weight is 340 g/mol. The van der Waals surface area contributed by atoms with Crippen LogP contribution >= 0.6 is 0 Å². The van der Waals surface area contributed by atoms with Crippen molar-refractivity contribution in [3.05, 3.63) is 48.2 Å². The second-order valence-electron chi connectivity index (χ2n) is 6.37. The minimum Gasteiger partial charge on any atom is -0.456 e. The zero-order chi connectivity index (χ0) is 17.6. The molecule has 0 saturated carbocycles. The maximum atomic E-state index is 11.5. The van der Waals surface area contributed by atoms with Gasteiger partial charge in [0.15, 0.2) is 0 Å². The van der Waals surface area contributed by atoms with E-state index >= 15 is 0 Å². The van der Waals surface area contributed by atoms with Gasteiger partial charge in [-0.2, -0.15) is 0 Å². The summed E-state index contributed by atoms with van der Waals surface area (Å²) in [6.07, 6.45) is 2.49. The topological polar surface area (TPSA) is 57.7 Å². The Morgan fingerprint density at radius 3 is 2.92 bits per heavy atom. The summed E-state index contributed by atoms with van der Waals surface area (Å²) in [5.74, 6) is 2.05. The summed E-state index contributed by atoms with van der Waals surface area (Å²) < 4.78 is 5.81. The van der Waals surface area contributed by atoms with Crippen molar-refractivity contribution in [1.82, 2.24) is 15.2 Å². The smallest absolute Gasteiger partial charge is 0.215 e. The number of carbonyl (C=O) groups is 1. The van der Waals surface area contributed by atoms with Crippen molar-refractivity contribution in [1.29, 1.82) is 0 Å². The molecule has 6 heteroatoms. The molecule has 1 fully saturated rings. The summed E-state index contributed by atoms with van der Waals surface area (Å²) in [4.78, 5) is 19.8. The van der Waals surface area contributed by atoms with E-state index in [2.05, 4.69) is 22.2 Å². The summed E-state index contributed by atoms with van der Waals surface area (Å²) in [5.41, 5.74) is 1.14. The molecule has 0 spiro atoms. The predicted molar refractivity (Wildman–Crippen MR) is 98.2 cm³/mol. The fraction of sp³-hybridized carbons (Fsp3) is 0.368. The van der Waals surface area contributed by atoms with Crippen molar-refractivity contribution in [2.24, 2.45) is 0 Å². The van der Waals surface area contributed by atoms with Gasteiger partial charge >= 0.3 is 0 Å². The number of aromatic nitrogens is 1. The molecule has 25 heavy (non-hydrogen) atoms. The summed E-state index contributed by atoms with van der Waals surface area (Å²) >= 11 is 0. The number of likely N-dealkylation sites (N-methyl/N-ethyl adjacent to an activating group) is 1. The Morgan fingerprint density at radius 2 is 2.24 bits per heavy atom. The SMILES string of the molecule is Cc1cccc(Oc2ccc(N(C=O)CC3CNCCN3C)nc2)c1. The van der Waals surface area contributed by atoms with Crippen LogP contribution in [0.3, 0.4) is 0 Å². The van der Waals surface area contributed by atoms with Gasteiger partial charge in [0.2, 0.25) is 6.41 Å². The molecule has 0 bridgehead atoms. The normalized spacial score (nSPS) is 17.9. The standard InChI is InChI=1S/C19H24N4O2/c1-15-4-3-5-17(10-15)25-18-6-7-19(21-12-18)23(14-24)13-16-11-20-8-9-22(16)2/h3-7,10,12,14,16,20H,8-9,11,13H2,1-2H3. The van der Waals surface area contributed by atoms with E-state index in [0.29, 0.717) is 18.1 Å². The third-order valence-corrected chi connectivity index (χ3v) is 4.42. The number of benzene rings is 1. The monoisotopic (exact) mass is 340 g/mol. The van der Waals surface area contributed by atoms with Crippen LogP contribution in [-0.2, 0) is 4.79 Å². The van der Waals surface area contributed by atoms with Gasteiger partial charge in [-0.15, -0.1) is 0 Å². The lowest BCUT2D eigenvalue weighted by molar-refractivity contribution is -0.107. The minimum atomic E-state index is 0.281. The zero-order valence-electron chi connectivity index (χ0n) is 14.7. The first-order valence-electron chi connectivity index (χ1n) is 8.49. The average Bonchev–Trinajstić information content (AvgIpc) is 2.62. The van der Waals surface area contributed by atoms with E-state index in [1.165, 1.54) is 0 Å². The number of ether oxygens (including phenoxy) is 1. The van der Waals surface area contributed by atoms with E-state index in [4.69, 9.17) is 4.74 Å². The van der Waals surface area contributed by atoms with E-state index in [0.717, 1.165) is 37.4 Å². The highest BCUT2D eigenvalue weighted by Gasteiger charge is 2.22. The number of hydrogen-bond acceptors (Lipinski definition) is 5. The molecular formula is C19H24N4O2. The molecule has 1 aliphatic heterocycles. The molecule has 0 radical (unpaired) electrons. The van der Waals surface area contributed by atoms with E-state index in [-0.39, 0.29) is 6.04 Å². The Hall–Kier alpha value is -2.44. The number of hydrogen-bond donors (Lipinski definition) is 1. The van der Waals surface area contributed by atoms with Crippen molar-refractivity contribution < 1.29 is 9.53 Å². The predicted octanol–water partition coefficient (Wildman–Crippen LogP) is 2.05. The number of anilines is 1. The molecule has 1 atom stereocenters. The van der Waals surface area contributed by atoms with Gasteiger partial charge in [0.05, 0.1) is 6.20 Å². The van der Waals surface area contributed by atoms with Crippen LogP contribution in [0.2, 0.25) is 0 Å². The molecule has 2 heterocycles. The van der Waals surface area contributed by atoms with Crippen molar-refractivity contribution in [2.45, 2.75) is 13.0 Å². The number of pyridine rings is 1. The van der Waals surface area contributed by atoms with Crippen LogP contribution in [0.5, 0.6) is 11.5 Å². The molecule has 1 unspecified atom stereocenters. The first-order valence-corrected chi connectivity index (χ1v) is 8.49. The van der Waals surface area contributed by atoms with Crippen molar-refractivity contribution >= 4 is 12.2 Å². The molecule has 1 aliphatic rings. The molecule has 3 rings (SSSR count). The van der Waals surface area contributed by atoms with E-state index in [1.54, 1.807) is 11.1 Å². The highest BCUT2D eigenvalue weighted by molar-refractivity contribution is 5.73. The fourth-order valence-corrected chi connectivity index (χ4v) is 2.90. The lowest BCUT2D eigenvalue weighted by Gasteiger charge is -2.35. The van der Waals surface area contributed by atoms with Crippen LogP contribution in [0.1, 0.15) is 5.56 Å². The van der Waals surface area contributed by atoms with Crippen LogP contribution in [0.25, 0.3) is 0 Å². The van der Waals surface area contributed by atoms with Crippen LogP contribution in [0.15, 0.2) is 42.6 Å². The number of amides is 1. The highest BCUT2D eigenvalue weighted by Crippen LogP contribution is 2.23. The molecule has 1 amide bonds. The van der Waals surface area contributed by atoms with Crippen molar-refractivity contribution in [3.63, 3.8) is 0 Å². The highest BCUT2D eigenvalue weighted by atomic mass is 16.5. The van der Waals surface area contributed by atoms with Crippen LogP contribution in [0.4, 0.5) is 5.82 Å². The second kappa shape index (κ2) is 8.09. The van der Waals surface area contributed by atoms with Gasteiger partial charge in [-0.1, -0.05) is 12.1 Å². The second-order valence-corrected chi connectivity index (χ2v) is 6.37. The lowest BCUT2D eigenvalue weighted by atomic mass is 10.2. The Bertz CT molecular complexity index is 705. The Kier molecular flexibility index (Phi) is 5.63. The number of carbonyl (C=O) groups excluding carboxylic acids is 1. The van der Waals surface area contributed by atoms with Crippen LogP contribution in [-0.4, -0.2) is 55.6 Å². The number of aryl methyl sites for hydroxylation is 1. The molecule has 1 aromatic heterocycles. The number of nitrogens with zero attached hydrogens (tertiary/aromatic N) is 3. The summed E-state index contributed by atoms with van der Waals surface area (Å²) in [6.45, 7) is 5.46. The van der Waals surface area contributed by atoms with Gasteiger partial charge in [-0.05, 0) is 43.8 Å². The molecule has 1 aromatic carbocycles. The fourth-order valence-electron chi connectivity index (χ4n) is 2.90. The van der Waals surface area contributed by atoms with Crippen LogP contribution in [0, 0.1) is 6.92 Å². The van der Waals surface area contributed by atoms with E-state index < -0.39 is 0 Å². The minimum absolute atomic E-state index is 0.281. The number of piperazine rings is 1. The Morgan fingerprint density at radius 1 is 1.36 bits per heavy atom. The number of rotatable bonds is 6. The van der Waals surface area contributed by atoms with E-state index in [9.17, 15) is 4.79 Å². The molecule has 2 aromatic rings. The van der Waals surface area contributed by atoms with Crippen LogP contribution < -0.4 is 15.0 Å². The van der Waals surface area contributed by atoms with Gasteiger partial charge < -0.3 is 10.1 Å². The molecular weight excluding hydrogens is 316 g/mol. The Balaban J connectivity index is 1.66. The van der Waals surface area contributed by atoms with Gasteiger partial charge in [0.1, 0.15) is 17.3 Å². The first-order chi connectivity index (χ1) is 12.2. The summed E-state index contributed by atoms with van der Waals surface area (Å²) in [5, 5.41) is 3.36. The molecule has 0 aliphatic carbocycles. The van der Waals surface area contributed by atoms with E-state index in [1.807, 2.05) is 43.3 Å². The van der Waals surface area contributed by atoms with Crippen molar-refractivity contribution in [2.75, 3.05) is 38.1 Å². The zero-order valence-corrected chi connectivity index (χ0v) is 14.7. The maximum Gasteiger partial charge on any atom is 0.215 e. The van der Waals surface area contributed by atoms with Gasteiger partial charge in [-0.3, -0.25) is 14.6 Å². The quantitative estimate of drug-likeness (QED) is 0.816. The van der Waals surface area contributed by atoms with Gasteiger partial charge in [0.25, 0.3) is 0 Å². The third kappa shape index (κ3) is 4.55. The number of nitrogens with one attached hydrogen (secondary N) is 1. The molecule has 6 nitrogen and oxygen atoms in total. The lowest BCUT2D eigenvalue weighted by Crippen LogP contribution is -2.54. The van der Waals surface area contributed by atoms with Crippen molar-refractivity contribution in [3.8, 4) is 11.5 Å². The largest absolute Gasteiger partial charge is 0.456 e. The summed E-state index contributed by atoms with van der Waals surface area (Å²) in [7, 11) is 2.08. The van der Waals surface area contributed by atoms with Gasteiger partial charge in [0, 0.05) is 32.2 Å². The summed E-state index contributed by atoms with van der Waals surface area (Å²) in [6, 6.07) is 11.8. The first kappa shape index (κ1) is 17.4. The maximum absolute atomic E-state index is 11.5. The Labute approximate surface area is 148 Å².